The molecule has 0 fully saturated rings. The Labute approximate surface area is 277 Å². The Kier molecular flexibility index (Phi) is 6.64. The molecular formula is C44H22N4. The Morgan fingerprint density at radius 1 is 0.375 bits per heavy atom. The number of fused-ring (bicyclic) bond motifs is 3. The van der Waals surface area contributed by atoms with Crippen LogP contribution in [0.25, 0.3) is 82.8 Å². The van der Waals surface area contributed by atoms with Gasteiger partial charge in [0.15, 0.2) is 0 Å². The van der Waals surface area contributed by atoms with Crippen molar-refractivity contribution in [2.75, 3.05) is 0 Å². The Morgan fingerprint density at radius 2 is 0.792 bits per heavy atom. The van der Waals surface area contributed by atoms with E-state index >= 15 is 0 Å². The van der Waals surface area contributed by atoms with Crippen molar-refractivity contribution in [3.63, 3.8) is 0 Å². The van der Waals surface area contributed by atoms with Crippen LogP contribution < -0.4 is 5.22 Å². The number of hydrogen-bond acceptors (Lipinski definition) is 4. The normalized spacial score (nSPS) is 10.8. The molecule has 48 heavy (non-hydrogen) atoms. The van der Waals surface area contributed by atoms with Crippen LogP contribution in [0.4, 0.5) is 0 Å². The molecule has 0 saturated carbocycles. The number of rotatable bonds is 4. The second-order valence-electron chi connectivity index (χ2n) is 11.7. The van der Waals surface area contributed by atoms with Crippen LogP contribution >= 0.6 is 0 Å². The van der Waals surface area contributed by atoms with Crippen LogP contribution in [0.15, 0.2) is 133 Å². The van der Waals surface area contributed by atoms with Crippen LogP contribution in [0.5, 0.6) is 0 Å². The van der Waals surface area contributed by atoms with Gasteiger partial charge in [0.05, 0.1) is 23.3 Å². The Balaban J connectivity index is 1.62. The van der Waals surface area contributed by atoms with Crippen molar-refractivity contribution in [3.05, 3.63) is 150 Å². The van der Waals surface area contributed by atoms with Gasteiger partial charge in [0.1, 0.15) is 17.7 Å². The maximum Gasteiger partial charge on any atom is 0.138 e. The lowest BCUT2D eigenvalue weighted by atomic mass is 9.88. The van der Waals surface area contributed by atoms with E-state index in [0.717, 1.165) is 77.2 Å². The third kappa shape index (κ3) is 4.20. The van der Waals surface area contributed by atoms with Crippen molar-refractivity contribution in [2.45, 2.75) is 0 Å². The van der Waals surface area contributed by atoms with Crippen LogP contribution in [0.1, 0.15) is 11.1 Å². The number of nitriles is 4. The molecule has 2 aliphatic rings. The molecule has 0 radical (unpaired) electrons. The van der Waals surface area contributed by atoms with Gasteiger partial charge in [0.25, 0.3) is 0 Å². The standard InChI is InChI=1S/C44H22N4/c45-23-27-11-15-29(16-12-27)34-19-21-36-42-37(22-20-35(41(34)42)30-17-13-28(24-46)14-18-30)44-39(32-9-5-2-6-10-32)40(33(25-47)26-48)38(43(36)44)31-7-3-1-4-8-31/h1-22H. The number of benzene rings is 6. The van der Waals surface area contributed by atoms with E-state index in [2.05, 4.69) is 48.5 Å². The molecule has 0 unspecified atom stereocenters. The SMILES string of the molecule is N#CC(C#N)=c1c(-c2ccccc2)c2c3ccc(-c4ccc(C#N)cc4)c4c(-c5ccc(C#N)cc5)ccc(c-2c1-c1ccccc1)c34. The molecule has 4 nitrogen and oxygen atoms in total. The molecule has 6 aromatic rings. The number of hydrogen-bond donors (Lipinski definition) is 0. The predicted molar refractivity (Wildman–Crippen MR) is 190 cm³/mol. The zero-order valence-electron chi connectivity index (χ0n) is 25.5. The minimum absolute atomic E-state index is 0.0725. The fourth-order valence-electron chi connectivity index (χ4n) is 7.18. The van der Waals surface area contributed by atoms with Crippen LogP contribution in [-0.2, 0) is 0 Å². The first-order valence-corrected chi connectivity index (χ1v) is 15.4. The molecule has 0 amide bonds. The van der Waals surface area contributed by atoms with Crippen LogP contribution in [0.2, 0.25) is 0 Å². The van der Waals surface area contributed by atoms with Gasteiger partial charge in [-0.3, -0.25) is 0 Å². The van der Waals surface area contributed by atoms with Gasteiger partial charge in [-0.2, -0.15) is 21.0 Å². The van der Waals surface area contributed by atoms with Crippen molar-refractivity contribution < 1.29 is 0 Å². The summed E-state index contributed by atoms with van der Waals surface area (Å²) in [4.78, 5) is 0. The van der Waals surface area contributed by atoms with Gasteiger partial charge in [0, 0.05) is 16.3 Å². The van der Waals surface area contributed by atoms with E-state index in [1.807, 2.05) is 109 Å². The van der Waals surface area contributed by atoms with Gasteiger partial charge in [0.2, 0.25) is 0 Å². The highest BCUT2D eigenvalue weighted by Crippen LogP contribution is 2.54. The second kappa shape index (κ2) is 11.3. The third-order valence-electron chi connectivity index (χ3n) is 9.20. The van der Waals surface area contributed by atoms with E-state index < -0.39 is 0 Å². The van der Waals surface area contributed by atoms with Gasteiger partial charge >= 0.3 is 0 Å². The van der Waals surface area contributed by atoms with Crippen molar-refractivity contribution in [3.8, 4) is 79.9 Å². The van der Waals surface area contributed by atoms with Crippen molar-refractivity contribution in [1.82, 2.24) is 0 Å². The fraction of sp³-hybridized carbons (Fsp3) is 0. The monoisotopic (exact) mass is 606 g/mol. The summed E-state index contributed by atoms with van der Waals surface area (Å²) in [6.07, 6.45) is 0. The maximum atomic E-state index is 10.3. The largest absolute Gasteiger partial charge is 0.192 e. The Hall–Kier alpha value is -7.24. The van der Waals surface area contributed by atoms with Gasteiger partial charge in [-0.05, 0) is 90.3 Å². The fourth-order valence-corrected chi connectivity index (χ4v) is 7.18. The first kappa shape index (κ1) is 28.2. The van der Waals surface area contributed by atoms with Crippen LogP contribution in [-0.4, -0.2) is 0 Å². The topological polar surface area (TPSA) is 95.2 Å². The molecule has 0 N–H and O–H groups in total. The smallest absolute Gasteiger partial charge is 0.138 e. The summed E-state index contributed by atoms with van der Waals surface area (Å²) in [6, 6.07) is 52.7. The van der Waals surface area contributed by atoms with E-state index in [4.69, 9.17) is 0 Å². The van der Waals surface area contributed by atoms with E-state index in [-0.39, 0.29) is 5.57 Å². The average molecular weight is 607 g/mol. The van der Waals surface area contributed by atoms with E-state index in [1.54, 1.807) is 0 Å². The maximum absolute atomic E-state index is 10.3. The summed E-state index contributed by atoms with van der Waals surface area (Å²) in [7, 11) is 0. The summed E-state index contributed by atoms with van der Waals surface area (Å²) in [5.41, 5.74) is 10.9. The molecule has 4 heteroatoms. The summed E-state index contributed by atoms with van der Waals surface area (Å²) < 4.78 is 0. The summed E-state index contributed by atoms with van der Waals surface area (Å²) in [5, 5.41) is 44.4. The highest BCUT2D eigenvalue weighted by atomic mass is 14.4. The first-order valence-electron chi connectivity index (χ1n) is 15.4. The summed E-state index contributed by atoms with van der Waals surface area (Å²) in [5.74, 6) is 0. The molecule has 0 atom stereocenters. The molecule has 8 rings (SSSR count). The highest BCUT2D eigenvalue weighted by molar-refractivity contribution is 6.33. The van der Waals surface area contributed by atoms with Crippen molar-refractivity contribution in [2.24, 2.45) is 0 Å². The van der Waals surface area contributed by atoms with Gasteiger partial charge in [-0.15, -0.1) is 0 Å². The van der Waals surface area contributed by atoms with Gasteiger partial charge < -0.3 is 0 Å². The summed E-state index contributed by atoms with van der Waals surface area (Å²) >= 11 is 0. The lowest BCUT2D eigenvalue weighted by Gasteiger charge is -2.14. The molecule has 0 saturated heterocycles. The Morgan fingerprint density at radius 3 is 1.17 bits per heavy atom. The first-order chi connectivity index (χ1) is 23.7. The lowest BCUT2D eigenvalue weighted by Crippen LogP contribution is -2.08. The molecular weight excluding hydrogens is 585 g/mol. The van der Waals surface area contributed by atoms with Gasteiger partial charge in [-0.25, -0.2) is 0 Å². The Bertz CT molecular complexity index is 2530. The molecule has 218 valence electrons. The minimum Gasteiger partial charge on any atom is -0.192 e. The van der Waals surface area contributed by atoms with E-state index in [0.29, 0.717) is 16.3 Å². The molecule has 0 bridgehead atoms. The molecule has 6 aromatic carbocycles. The highest BCUT2D eigenvalue weighted by Gasteiger charge is 2.31. The number of nitrogens with zero attached hydrogens (tertiary/aromatic N) is 4. The van der Waals surface area contributed by atoms with Crippen molar-refractivity contribution in [1.29, 1.82) is 21.0 Å². The average Bonchev–Trinajstić information content (AvgIpc) is 3.67. The zero-order chi connectivity index (χ0) is 32.8. The van der Waals surface area contributed by atoms with Gasteiger partial charge in [-0.1, -0.05) is 109 Å². The molecule has 0 aliphatic heterocycles. The van der Waals surface area contributed by atoms with E-state index in [1.165, 1.54) is 0 Å². The lowest BCUT2D eigenvalue weighted by molar-refractivity contribution is 1.48. The quantitative estimate of drug-likeness (QED) is 0.199. The molecule has 2 aliphatic carbocycles. The second-order valence-corrected chi connectivity index (χ2v) is 11.7. The molecule has 0 heterocycles. The van der Waals surface area contributed by atoms with Crippen LogP contribution in [0, 0.1) is 45.3 Å². The third-order valence-corrected chi connectivity index (χ3v) is 9.20. The zero-order valence-corrected chi connectivity index (χ0v) is 25.5. The predicted octanol–water partition coefficient (Wildman–Crippen LogP) is 9.86. The summed E-state index contributed by atoms with van der Waals surface area (Å²) in [6.45, 7) is 0. The van der Waals surface area contributed by atoms with Crippen LogP contribution in [0.3, 0.4) is 0 Å². The van der Waals surface area contributed by atoms with E-state index in [9.17, 15) is 21.0 Å². The molecule has 0 spiro atoms. The minimum atomic E-state index is 0.0725. The molecule has 0 aromatic heterocycles. The van der Waals surface area contributed by atoms with Crippen molar-refractivity contribution >= 4 is 27.1 Å².